The van der Waals surface area contributed by atoms with E-state index >= 15 is 0 Å². The normalized spacial score (nSPS) is 16.8. The Balaban J connectivity index is 1.82. The predicted octanol–water partition coefficient (Wildman–Crippen LogP) is 2.48. The lowest BCUT2D eigenvalue weighted by Gasteiger charge is -2.32. The molecule has 0 spiro atoms. The second kappa shape index (κ2) is 7.15. The second-order valence-electron chi connectivity index (χ2n) is 6.22. The number of methoxy groups -OCH3 is 1. The average Bonchev–Trinajstić information content (AvgIpc) is 3.04. The molecule has 124 valence electrons. The minimum atomic E-state index is -0.267. The van der Waals surface area contributed by atoms with Crippen molar-refractivity contribution in [1.29, 1.82) is 0 Å². The third-order valence-electron chi connectivity index (χ3n) is 4.85. The molecule has 0 amide bonds. The number of hydrogen-bond donors (Lipinski definition) is 2. The number of carbonyl (C=O) groups is 1. The van der Waals surface area contributed by atoms with E-state index in [2.05, 4.69) is 16.1 Å². The summed E-state index contributed by atoms with van der Waals surface area (Å²) < 4.78 is 4.94. The summed E-state index contributed by atoms with van der Waals surface area (Å²) in [5.74, 6) is 0.223. The van der Waals surface area contributed by atoms with E-state index in [1.165, 1.54) is 12.7 Å². The molecule has 5 heteroatoms. The minimum Gasteiger partial charge on any atom is -0.465 e. The Bertz CT molecular complexity index is 672. The maximum atomic E-state index is 12.1. The fourth-order valence-electron chi connectivity index (χ4n) is 3.60. The molecule has 0 aliphatic carbocycles. The van der Waals surface area contributed by atoms with Crippen LogP contribution in [-0.4, -0.2) is 49.1 Å². The molecule has 1 saturated heterocycles. The molecule has 1 fully saturated rings. The molecule has 3 N–H and O–H groups in total. The lowest BCUT2D eigenvalue weighted by Crippen LogP contribution is -2.34. The molecule has 1 aliphatic rings. The van der Waals surface area contributed by atoms with E-state index in [-0.39, 0.29) is 5.97 Å². The first-order chi connectivity index (χ1) is 11.2. The maximum Gasteiger partial charge on any atom is 0.338 e. The second-order valence-corrected chi connectivity index (χ2v) is 6.22. The SMILES string of the molecule is COC(=O)c1cccc2[nH]cc(C3CCN(CCCN)CC3)c12. The number of carbonyl (C=O) groups excluding carboxylic acids is 1. The molecule has 0 saturated carbocycles. The smallest absolute Gasteiger partial charge is 0.338 e. The van der Waals surface area contributed by atoms with Gasteiger partial charge in [0, 0.05) is 17.1 Å². The number of nitrogens with zero attached hydrogens (tertiary/aromatic N) is 1. The number of hydrogen-bond acceptors (Lipinski definition) is 4. The monoisotopic (exact) mass is 315 g/mol. The van der Waals surface area contributed by atoms with Gasteiger partial charge in [0.05, 0.1) is 12.7 Å². The molecule has 2 heterocycles. The lowest BCUT2D eigenvalue weighted by molar-refractivity contribution is 0.0603. The Labute approximate surface area is 136 Å². The van der Waals surface area contributed by atoms with Gasteiger partial charge in [-0.2, -0.15) is 0 Å². The van der Waals surface area contributed by atoms with E-state index in [0.717, 1.165) is 56.3 Å². The van der Waals surface area contributed by atoms with Crippen LogP contribution in [0.25, 0.3) is 10.9 Å². The van der Waals surface area contributed by atoms with E-state index in [9.17, 15) is 4.79 Å². The summed E-state index contributed by atoms with van der Waals surface area (Å²) in [6.45, 7) is 4.03. The molecule has 0 bridgehead atoms. The van der Waals surface area contributed by atoms with Gasteiger partial charge >= 0.3 is 5.97 Å². The number of likely N-dealkylation sites (tertiary alicyclic amines) is 1. The molecule has 0 atom stereocenters. The Morgan fingerprint density at radius 1 is 1.39 bits per heavy atom. The molecular weight excluding hydrogens is 290 g/mol. The molecule has 23 heavy (non-hydrogen) atoms. The van der Waals surface area contributed by atoms with Gasteiger partial charge in [0.25, 0.3) is 0 Å². The van der Waals surface area contributed by atoms with Crippen LogP contribution >= 0.6 is 0 Å². The number of ether oxygens (including phenoxy) is 1. The van der Waals surface area contributed by atoms with Crippen molar-refractivity contribution in [2.75, 3.05) is 33.3 Å². The number of H-pyrrole nitrogens is 1. The van der Waals surface area contributed by atoms with Gasteiger partial charge in [-0.25, -0.2) is 4.79 Å². The van der Waals surface area contributed by atoms with Crippen molar-refractivity contribution in [2.45, 2.75) is 25.2 Å². The van der Waals surface area contributed by atoms with Crippen LogP contribution in [0.1, 0.15) is 41.1 Å². The van der Waals surface area contributed by atoms with Crippen molar-refractivity contribution < 1.29 is 9.53 Å². The van der Waals surface area contributed by atoms with Crippen LogP contribution < -0.4 is 5.73 Å². The zero-order valence-electron chi connectivity index (χ0n) is 13.7. The van der Waals surface area contributed by atoms with E-state index in [1.807, 2.05) is 18.2 Å². The number of aromatic nitrogens is 1. The standard InChI is InChI=1S/C18H25N3O2/c1-23-18(22)14-4-2-5-16-17(14)15(12-20-16)13-6-10-21(11-7-13)9-3-8-19/h2,4-5,12-13,20H,3,6-11,19H2,1H3. The van der Waals surface area contributed by atoms with E-state index < -0.39 is 0 Å². The van der Waals surface area contributed by atoms with Crippen LogP contribution in [0.4, 0.5) is 0 Å². The van der Waals surface area contributed by atoms with Crippen molar-refractivity contribution in [1.82, 2.24) is 9.88 Å². The molecule has 2 aromatic rings. The zero-order valence-corrected chi connectivity index (χ0v) is 13.7. The Hall–Kier alpha value is -1.85. The Morgan fingerprint density at radius 2 is 2.17 bits per heavy atom. The molecule has 1 aromatic heterocycles. The molecule has 1 aromatic carbocycles. The van der Waals surface area contributed by atoms with Gasteiger partial charge in [0.2, 0.25) is 0 Å². The summed E-state index contributed by atoms with van der Waals surface area (Å²) in [7, 11) is 1.43. The number of piperidine rings is 1. The summed E-state index contributed by atoms with van der Waals surface area (Å²) >= 11 is 0. The van der Waals surface area contributed by atoms with E-state index in [1.54, 1.807) is 0 Å². The maximum absolute atomic E-state index is 12.1. The number of rotatable bonds is 5. The zero-order chi connectivity index (χ0) is 16.2. The summed E-state index contributed by atoms with van der Waals surface area (Å²) in [5, 5.41) is 1.03. The van der Waals surface area contributed by atoms with Crippen molar-refractivity contribution in [3.63, 3.8) is 0 Å². The lowest BCUT2D eigenvalue weighted by atomic mass is 9.88. The van der Waals surface area contributed by atoms with Crippen LogP contribution in [0.15, 0.2) is 24.4 Å². The Morgan fingerprint density at radius 3 is 2.87 bits per heavy atom. The van der Waals surface area contributed by atoms with E-state index in [4.69, 9.17) is 10.5 Å². The quantitative estimate of drug-likeness (QED) is 0.832. The molecular formula is C18H25N3O2. The predicted molar refractivity (Wildman–Crippen MR) is 91.7 cm³/mol. The van der Waals surface area contributed by atoms with Crippen LogP contribution in [0.3, 0.4) is 0 Å². The summed E-state index contributed by atoms with van der Waals surface area (Å²) in [6.07, 6.45) is 5.36. The first-order valence-electron chi connectivity index (χ1n) is 8.35. The van der Waals surface area contributed by atoms with Crippen molar-refractivity contribution in [3.05, 3.63) is 35.5 Å². The number of aromatic amines is 1. The number of benzene rings is 1. The van der Waals surface area contributed by atoms with Gasteiger partial charge in [0.15, 0.2) is 0 Å². The van der Waals surface area contributed by atoms with Crippen molar-refractivity contribution >= 4 is 16.9 Å². The van der Waals surface area contributed by atoms with E-state index in [0.29, 0.717) is 11.5 Å². The van der Waals surface area contributed by atoms with Crippen molar-refractivity contribution in [3.8, 4) is 0 Å². The van der Waals surface area contributed by atoms with Gasteiger partial charge < -0.3 is 20.4 Å². The van der Waals surface area contributed by atoms with Crippen LogP contribution in [0, 0.1) is 0 Å². The molecule has 0 radical (unpaired) electrons. The molecule has 1 aliphatic heterocycles. The molecule has 3 rings (SSSR count). The van der Waals surface area contributed by atoms with Gasteiger partial charge in [-0.1, -0.05) is 6.07 Å². The minimum absolute atomic E-state index is 0.267. The molecule has 0 unspecified atom stereocenters. The number of nitrogens with one attached hydrogen (secondary N) is 1. The highest BCUT2D eigenvalue weighted by molar-refractivity contribution is 6.05. The largest absolute Gasteiger partial charge is 0.465 e. The summed E-state index contributed by atoms with van der Waals surface area (Å²) in [5.41, 5.74) is 8.51. The van der Waals surface area contributed by atoms with Crippen molar-refractivity contribution in [2.24, 2.45) is 5.73 Å². The Kier molecular flexibility index (Phi) is 4.98. The van der Waals surface area contributed by atoms with Gasteiger partial charge in [-0.05, 0) is 69.1 Å². The number of fused-ring (bicyclic) bond motifs is 1. The summed E-state index contributed by atoms with van der Waals surface area (Å²) in [6, 6.07) is 5.76. The average molecular weight is 315 g/mol. The first-order valence-corrected chi connectivity index (χ1v) is 8.35. The fraction of sp³-hybridized carbons (Fsp3) is 0.500. The van der Waals surface area contributed by atoms with Gasteiger partial charge in [-0.3, -0.25) is 0 Å². The van der Waals surface area contributed by atoms with Crippen LogP contribution in [0.2, 0.25) is 0 Å². The first kappa shape index (κ1) is 16.0. The third-order valence-corrected chi connectivity index (χ3v) is 4.85. The van der Waals surface area contributed by atoms with Gasteiger partial charge in [-0.15, -0.1) is 0 Å². The van der Waals surface area contributed by atoms with Gasteiger partial charge in [0.1, 0.15) is 0 Å². The van der Waals surface area contributed by atoms with Crippen LogP contribution in [0.5, 0.6) is 0 Å². The highest BCUT2D eigenvalue weighted by Crippen LogP contribution is 2.35. The number of esters is 1. The molecule has 5 nitrogen and oxygen atoms in total. The highest BCUT2D eigenvalue weighted by atomic mass is 16.5. The summed E-state index contributed by atoms with van der Waals surface area (Å²) in [4.78, 5) is 17.9. The van der Waals surface area contributed by atoms with Crippen LogP contribution in [-0.2, 0) is 4.74 Å². The topological polar surface area (TPSA) is 71.4 Å². The number of nitrogens with two attached hydrogens (primary N) is 1. The fourth-order valence-corrected chi connectivity index (χ4v) is 3.60. The third kappa shape index (κ3) is 3.26. The highest BCUT2D eigenvalue weighted by Gasteiger charge is 2.24.